The number of carboxylic acids is 1. The highest BCUT2D eigenvalue weighted by Gasteiger charge is 2.24. The zero-order chi connectivity index (χ0) is 12.4. The second kappa shape index (κ2) is 5.39. The third kappa shape index (κ3) is 2.82. The molecule has 0 radical (unpaired) electrons. The molecular weight excluding hydrogens is 331 g/mol. The molecule has 1 aromatic heterocycles. The smallest absolute Gasteiger partial charge is 0.352 e. The monoisotopic (exact) mass is 348 g/mol. The van der Waals surface area contributed by atoms with Gasteiger partial charge in [-0.05, 0) is 54.6 Å². The summed E-state index contributed by atoms with van der Waals surface area (Å²) in [4.78, 5) is 13.6. The average Bonchev–Trinajstić information content (AvgIpc) is 2.85. The maximum atomic E-state index is 11.1. The number of likely N-dealkylation sites (N-methyl/N-ethyl adjacent to an activating group) is 1. The predicted octanol–water partition coefficient (Wildman–Crippen LogP) is 2.28. The molecule has 1 fully saturated rings. The molecule has 2 heterocycles. The van der Waals surface area contributed by atoms with Gasteiger partial charge in [-0.3, -0.25) is 4.90 Å². The number of rotatable bonds is 4. The van der Waals surface area contributed by atoms with Crippen LogP contribution in [-0.4, -0.2) is 39.7 Å². The van der Waals surface area contributed by atoms with Crippen molar-refractivity contribution in [2.45, 2.75) is 32.4 Å². The first kappa shape index (κ1) is 12.9. The molecule has 1 aliphatic heterocycles. The summed E-state index contributed by atoms with van der Waals surface area (Å²) in [5, 5.41) is 9.14. The first-order valence-electron chi connectivity index (χ1n) is 5.95. The molecule has 5 heteroatoms. The fraction of sp³-hybridized carbons (Fsp3) is 0.583. The molecule has 1 unspecified atom stereocenters. The van der Waals surface area contributed by atoms with Gasteiger partial charge in [0, 0.05) is 22.4 Å². The van der Waals surface area contributed by atoms with Gasteiger partial charge < -0.3 is 9.67 Å². The molecule has 0 amide bonds. The second-order valence-electron chi connectivity index (χ2n) is 4.43. The second-order valence-corrected chi connectivity index (χ2v) is 5.67. The van der Waals surface area contributed by atoms with Crippen LogP contribution in [0.1, 0.15) is 30.3 Å². The molecule has 0 spiro atoms. The van der Waals surface area contributed by atoms with Gasteiger partial charge in [-0.1, -0.05) is 6.92 Å². The Kier molecular flexibility index (Phi) is 4.09. The van der Waals surface area contributed by atoms with Crippen LogP contribution in [0, 0.1) is 3.57 Å². The summed E-state index contributed by atoms with van der Waals surface area (Å²) in [6.07, 6.45) is 4.32. The van der Waals surface area contributed by atoms with E-state index >= 15 is 0 Å². The van der Waals surface area contributed by atoms with E-state index in [2.05, 4.69) is 34.4 Å². The van der Waals surface area contributed by atoms with E-state index in [9.17, 15) is 4.79 Å². The Hall–Kier alpha value is -0.560. The van der Waals surface area contributed by atoms with E-state index in [0.29, 0.717) is 11.7 Å². The van der Waals surface area contributed by atoms with E-state index in [1.165, 1.54) is 12.8 Å². The van der Waals surface area contributed by atoms with Crippen molar-refractivity contribution in [3.8, 4) is 0 Å². The Balaban J connectivity index is 2.15. The quantitative estimate of drug-likeness (QED) is 0.850. The van der Waals surface area contributed by atoms with Crippen molar-refractivity contribution in [1.82, 2.24) is 9.47 Å². The SMILES string of the molecule is CCN1CCCC1Cn1cc(I)cc1C(=O)O. The first-order chi connectivity index (χ1) is 8.11. The van der Waals surface area contributed by atoms with Crippen LogP contribution in [0.25, 0.3) is 0 Å². The fourth-order valence-corrected chi connectivity index (χ4v) is 3.18. The largest absolute Gasteiger partial charge is 0.477 e. The van der Waals surface area contributed by atoms with Crippen LogP contribution in [0.15, 0.2) is 12.3 Å². The van der Waals surface area contributed by atoms with E-state index < -0.39 is 5.97 Å². The van der Waals surface area contributed by atoms with E-state index in [1.807, 2.05) is 10.8 Å². The number of aromatic nitrogens is 1. The molecule has 4 nitrogen and oxygen atoms in total. The molecule has 1 aliphatic rings. The molecule has 2 rings (SSSR count). The molecule has 0 saturated carbocycles. The lowest BCUT2D eigenvalue weighted by Crippen LogP contribution is -2.33. The highest BCUT2D eigenvalue weighted by atomic mass is 127. The summed E-state index contributed by atoms with van der Waals surface area (Å²) in [5.41, 5.74) is 0.400. The number of halogens is 1. The fourth-order valence-electron chi connectivity index (χ4n) is 2.55. The van der Waals surface area contributed by atoms with Gasteiger partial charge in [0.2, 0.25) is 0 Å². The van der Waals surface area contributed by atoms with Crippen LogP contribution in [-0.2, 0) is 6.54 Å². The molecule has 17 heavy (non-hydrogen) atoms. The maximum absolute atomic E-state index is 11.1. The van der Waals surface area contributed by atoms with Gasteiger partial charge in [-0.25, -0.2) is 4.79 Å². The molecule has 0 aliphatic carbocycles. The van der Waals surface area contributed by atoms with Crippen molar-refractivity contribution in [2.24, 2.45) is 0 Å². The van der Waals surface area contributed by atoms with Crippen LogP contribution in [0.3, 0.4) is 0 Å². The summed E-state index contributed by atoms with van der Waals surface area (Å²) in [7, 11) is 0. The van der Waals surface area contributed by atoms with E-state index in [0.717, 1.165) is 23.2 Å². The zero-order valence-corrected chi connectivity index (χ0v) is 12.1. The first-order valence-corrected chi connectivity index (χ1v) is 7.02. The lowest BCUT2D eigenvalue weighted by Gasteiger charge is -2.23. The molecule has 1 atom stereocenters. The highest BCUT2D eigenvalue weighted by Crippen LogP contribution is 2.20. The van der Waals surface area contributed by atoms with Crippen molar-refractivity contribution in [2.75, 3.05) is 13.1 Å². The van der Waals surface area contributed by atoms with Crippen LogP contribution in [0.4, 0.5) is 0 Å². The minimum absolute atomic E-state index is 0.400. The van der Waals surface area contributed by atoms with Gasteiger partial charge in [-0.2, -0.15) is 0 Å². The van der Waals surface area contributed by atoms with Crippen molar-refractivity contribution in [3.63, 3.8) is 0 Å². The molecule has 0 aromatic carbocycles. The lowest BCUT2D eigenvalue weighted by atomic mass is 10.2. The number of hydrogen-bond donors (Lipinski definition) is 1. The third-order valence-corrected chi connectivity index (χ3v) is 3.98. The average molecular weight is 348 g/mol. The number of aromatic carboxylic acids is 1. The third-order valence-electron chi connectivity index (χ3n) is 3.40. The van der Waals surface area contributed by atoms with Gasteiger partial charge in [-0.15, -0.1) is 0 Å². The van der Waals surface area contributed by atoms with Gasteiger partial charge in [0.05, 0.1) is 0 Å². The van der Waals surface area contributed by atoms with Crippen molar-refractivity contribution in [1.29, 1.82) is 0 Å². The number of carboxylic acid groups (broad SMARTS) is 1. The topological polar surface area (TPSA) is 45.5 Å². The Morgan fingerprint density at radius 2 is 2.41 bits per heavy atom. The maximum Gasteiger partial charge on any atom is 0.352 e. The molecule has 1 N–H and O–H groups in total. The van der Waals surface area contributed by atoms with Crippen LogP contribution >= 0.6 is 22.6 Å². The Labute approximate surface area is 115 Å². The number of likely N-dealkylation sites (tertiary alicyclic amines) is 1. The molecule has 0 bridgehead atoms. The number of carbonyl (C=O) groups is 1. The highest BCUT2D eigenvalue weighted by molar-refractivity contribution is 14.1. The minimum atomic E-state index is -0.839. The van der Waals surface area contributed by atoms with Crippen LogP contribution in [0.5, 0.6) is 0 Å². The summed E-state index contributed by atoms with van der Waals surface area (Å²) in [6.45, 7) is 5.14. The molecule has 1 saturated heterocycles. The summed E-state index contributed by atoms with van der Waals surface area (Å²) < 4.78 is 2.86. The van der Waals surface area contributed by atoms with Gasteiger partial charge in [0.25, 0.3) is 0 Å². The van der Waals surface area contributed by atoms with Crippen molar-refractivity contribution in [3.05, 3.63) is 21.5 Å². The summed E-state index contributed by atoms with van der Waals surface area (Å²) >= 11 is 2.16. The normalized spacial score (nSPS) is 20.9. The molecular formula is C12H17IN2O2. The minimum Gasteiger partial charge on any atom is -0.477 e. The Morgan fingerprint density at radius 1 is 1.65 bits per heavy atom. The Bertz CT molecular complexity index is 417. The summed E-state index contributed by atoms with van der Waals surface area (Å²) in [6, 6.07) is 2.22. The van der Waals surface area contributed by atoms with E-state index in [1.54, 1.807) is 6.07 Å². The van der Waals surface area contributed by atoms with Crippen LogP contribution in [0.2, 0.25) is 0 Å². The number of nitrogens with zero attached hydrogens (tertiary/aromatic N) is 2. The van der Waals surface area contributed by atoms with Crippen LogP contribution < -0.4 is 0 Å². The van der Waals surface area contributed by atoms with Gasteiger partial charge >= 0.3 is 5.97 Å². The zero-order valence-electron chi connectivity index (χ0n) is 9.90. The summed E-state index contributed by atoms with van der Waals surface area (Å²) in [5.74, 6) is -0.839. The molecule has 94 valence electrons. The molecule has 1 aromatic rings. The predicted molar refractivity (Wildman–Crippen MR) is 74.4 cm³/mol. The van der Waals surface area contributed by atoms with E-state index in [-0.39, 0.29) is 0 Å². The van der Waals surface area contributed by atoms with Crippen molar-refractivity contribution >= 4 is 28.6 Å². The van der Waals surface area contributed by atoms with Gasteiger partial charge in [0.15, 0.2) is 0 Å². The lowest BCUT2D eigenvalue weighted by molar-refractivity contribution is 0.0683. The van der Waals surface area contributed by atoms with Gasteiger partial charge in [0.1, 0.15) is 5.69 Å². The van der Waals surface area contributed by atoms with E-state index in [4.69, 9.17) is 5.11 Å². The standard InChI is InChI=1S/C12H17IN2O2/c1-2-14-5-3-4-10(14)8-15-7-9(13)6-11(15)12(16)17/h6-7,10H,2-5,8H2,1H3,(H,16,17). The number of hydrogen-bond acceptors (Lipinski definition) is 2. The van der Waals surface area contributed by atoms with Crippen molar-refractivity contribution < 1.29 is 9.90 Å². The Morgan fingerprint density at radius 3 is 3.06 bits per heavy atom.